The lowest BCUT2D eigenvalue weighted by atomic mass is 9.99. The highest BCUT2D eigenvalue weighted by Crippen LogP contribution is 2.23. The highest BCUT2D eigenvalue weighted by atomic mass is 19.1. The monoisotopic (exact) mass is 315 g/mol. The minimum Gasteiger partial charge on any atom is -0.376 e. The van der Waals surface area contributed by atoms with Gasteiger partial charge in [0.1, 0.15) is 5.82 Å². The van der Waals surface area contributed by atoms with Crippen LogP contribution in [0.5, 0.6) is 0 Å². The Morgan fingerprint density at radius 2 is 1.65 bits per heavy atom. The minimum atomic E-state index is -0.260. The Balaban J connectivity index is 2.04. The van der Waals surface area contributed by atoms with E-state index in [0.717, 1.165) is 17.7 Å². The number of nitrogens with one attached hydrogen (secondary N) is 1. The van der Waals surface area contributed by atoms with Crippen molar-refractivity contribution in [2.75, 3.05) is 11.9 Å². The summed E-state index contributed by atoms with van der Waals surface area (Å²) in [5, 5.41) is 3.14. The number of ether oxygens (including phenoxy) is 1. The maximum Gasteiger partial charge on any atom is 0.146 e. The summed E-state index contributed by atoms with van der Waals surface area (Å²) in [5.41, 5.74) is 3.71. The number of anilines is 2. The first kappa shape index (κ1) is 17.5. The van der Waals surface area contributed by atoms with Crippen molar-refractivity contribution in [3.05, 3.63) is 59.4 Å². The molecule has 0 saturated carbocycles. The quantitative estimate of drug-likeness (QED) is 0.739. The Kier molecular flexibility index (Phi) is 5.78. The summed E-state index contributed by atoms with van der Waals surface area (Å²) < 4.78 is 19.7. The van der Waals surface area contributed by atoms with Gasteiger partial charge in [-0.15, -0.1) is 0 Å². The van der Waals surface area contributed by atoms with Gasteiger partial charge >= 0.3 is 0 Å². The number of aryl methyl sites for hydroxylation is 1. The summed E-state index contributed by atoms with van der Waals surface area (Å²) in [6.45, 7) is 9.66. The summed E-state index contributed by atoms with van der Waals surface area (Å²) in [6.07, 6.45) is 0.995. The molecule has 3 heteroatoms. The Labute approximate surface area is 138 Å². The first-order valence-corrected chi connectivity index (χ1v) is 8.09. The van der Waals surface area contributed by atoms with Crippen LogP contribution in [0.25, 0.3) is 0 Å². The van der Waals surface area contributed by atoms with E-state index in [9.17, 15) is 4.39 Å². The van der Waals surface area contributed by atoms with E-state index in [1.807, 2.05) is 18.2 Å². The van der Waals surface area contributed by atoms with Gasteiger partial charge in [-0.2, -0.15) is 0 Å². The van der Waals surface area contributed by atoms with E-state index in [-0.39, 0.29) is 11.2 Å². The van der Waals surface area contributed by atoms with Gasteiger partial charge in [0.2, 0.25) is 0 Å². The molecule has 0 aliphatic heterocycles. The van der Waals surface area contributed by atoms with Crippen LogP contribution < -0.4 is 5.32 Å². The van der Waals surface area contributed by atoms with Gasteiger partial charge in [-0.05, 0) is 47.2 Å². The molecule has 0 aliphatic rings. The number of hydrogen-bond acceptors (Lipinski definition) is 2. The molecule has 124 valence electrons. The summed E-state index contributed by atoms with van der Waals surface area (Å²) in [4.78, 5) is 0. The first-order valence-electron chi connectivity index (χ1n) is 8.09. The molecule has 2 rings (SSSR count). The Hall–Kier alpha value is -1.87. The standard InChI is InChI=1S/C20H26FNO/c1-5-15-6-9-17(10-7-15)22-19-12-16(8-11-18(19)21)13-23-14-20(2,3)4/h6-12,22H,5,13-14H2,1-4H3. The van der Waals surface area contributed by atoms with E-state index in [2.05, 4.69) is 45.1 Å². The van der Waals surface area contributed by atoms with Crippen molar-refractivity contribution in [1.29, 1.82) is 0 Å². The molecule has 0 radical (unpaired) electrons. The Bertz CT molecular complexity index is 629. The van der Waals surface area contributed by atoms with Crippen molar-refractivity contribution in [2.24, 2.45) is 5.41 Å². The summed E-state index contributed by atoms with van der Waals surface area (Å²) in [7, 11) is 0. The van der Waals surface area contributed by atoms with Crippen LogP contribution in [0.3, 0.4) is 0 Å². The average Bonchev–Trinajstić information content (AvgIpc) is 2.50. The normalized spacial score (nSPS) is 11.5. The molecule has 0 heterocycles. The first-order chi connectivity index (χ1) is 10.9. The van der Waals surface area contributed by atoms with Crippen LogP contribution in [0.15, 0.2) is 42.5 Å². The summed E-state index contributed by atoms with van der Waals surface area (Å²) >= 11 is 0. The Morgan fingerprint density at radius 3 is 2.26 bits per heavy atom. The van der Waals surface area contributed by atoms with Crippen molar-refractivity contribution in [3.8, 4) is 0 Å². The second-order valence-corrected chi connectivity index (χ2v) is 7.04. The topological polar surface area (TPSA) is 21.3 Å². The van der Waals surface area contributed by atoms with Gasteiger partial charge in [-0.25, -0.2) is 4.39 Å². The van der Waals surface area contributed by atoms with Gasteiger partial charge in [0.15, 0.2) is 0 Å². The number of hydrogen-bond donors (Lipinski definition) is 1. The molecule has 0 amide bonds. The van der Waals surface area contributed by atoms with E-state index in [1.165, 1.54) is 11.6 Å². The van der Waals surface area contributed by atoms with Crippen molar-refractivity contribution >= 4 is 11.4 Å². The second-order valence-electron chi connectivity index (χ2n) is 7.04. The second kappa shape index (κ2) is 7.60. The predicted octanol–water partition coefficient (Wildman–Crippen LogP) is 5.69. The van der Waals surface area contributed by atoms with Crippen LogP contribution in [0.2, 0.25) is 0 Å². The molecule has 0 aliphatic carbocycles. The van der Waals surface area contributed by atoms with E-state index in [0.29, 0.717) is 18.9 Å². The van der Waals surface area contributed by atoms with Gasteiger partial charge in [0, 0.05) is 5.69 Å². The third kappa shape index (κ3) is 5.68. The smallest absolute Gasteiger partial charge is 0.146 e. The molecule has 1 N–H and O–H groups in total. The lowest BCUT2D eigenvalue weighted by Crippen LogP contribution is -2.14. The van der Waals surface area contributed by atoms with Crippen LogP contribution >= 0.6 is 0 Å². The zero-order valence-corrected chi connectivity index (χ0v) is 14.4. The average molecular weight is 315 g/mol. The van der Waals surface area contributed by atoms with E-state index < -0.39 is 0 Å². The van der Waals surface area contributed by atoms with Crippen LogP contribution in [-0.4, -0.2) is 6.61 Å². The third-order valence-electron chi connectivity index (χ3n) is 3.48. The van der Waals surface area contributed by atoms with Gasteiger partial charge < -0.3 is 10.1 Å². The van der Waals surface area contributed by atoms with Crippen LogP contribution in [0.4, 0.5) is 15.8 Å². The fraction of sp³-hybridized carbons (Fsp3) is 0.400. The molecule has 0 fully saturated rings. The molecule has 0 aromatic heterocycles. The molecule has 0 spiro atoms. The van der Waals surface area contributed by atoms with Crippen LogP contribution in [0, 0.1) is 11.2 Å². The maximum absolute atomic E-state index is 14.0. The molecule has 23 heavy (non-hydrogen) atoms. The highest BCUT2D eigenvalue weighted by molar-refractivity contribution is 5.61. The molecule has 0 bridgehead atoms. The van der Waals surface area contributed by atoms with E-state index in [1.54, 1.807) is 6.07 Å². The number of rotatable bonds is 6. The summed E-state index contributed by atoms with van der Waals surface area (Å²) in [5.74, 6) is -0.260. The van der Waals surface area contributed by atoms with Gasteiger partial charge in [0.25, 0.3) is 0 Å². The molecule has 0 atom stereocenters. The zero-order chi connectivity index (χ0) is 16.9. The van der Waals surface area contributed by atoms with Crippen molar-refractivity contribution in [3.63, 3.8) is 0 Å². The van der Waals surface area contributed by atoms with Gasteiger partial charge in [0.05, 0.1) is 18.9 Å². The van der Waals surface area contributed by atoms with E-state index >= 15 is 0 Å². The van der Waals surface area contributed by atoms with Crippen LogP contribution in [-0.2, 0) is 17.8 Å². The lowest BCUT2D eigenvalue weighted by Gasteiger charge is -2.18. The fourth-order valence-electron chi connectivity index (χ4n) is 2.21. The van der Waals surface area contributed by atoms with Crippen LogP contribution in [0.1, 0.15) is 38.8 Å². The fourth-order valence-corrected chi connectivity index (χ4v) is 2.21. The van der Waals surface area contributed by atoms with Crippen molar-refractivity contribution in [2.45, 2.75) is 40.7 Å². The minimum absolute atomic E-state index is 0.127. The molecule has 0 unspecified atom stereocenters. The number of benzene rings is 2. The molecular weight excluding hydrogens is 289 g/mol. The largest absolute Gasteiger partial charge is 0.376 e. The SMILES string of the molecule is CCc1ccc(Nc2cc(COCC(C)(C)C)ccc2F)cc1. The molecular formula is C20H26FNO. The van der Waals surface area contributed by atoms with Crippen molar-refractivity contribution < 1.29 is 9.13 Å². The molecule has 0 saturated heterocycles. The maximum atomic E-state index is 14.0. The van der Waals surface area contributed by atoms with Gasteiger partial charge in [-0.1, -0.05) is 45.9 Å². The molecule has 2 aromatic carbocycles. The zero-order valence-electron chi connectivity index (χ0n) is 14.4. The summed E-state index contributed by atoms with van der Waals surface area (Å²) in [6, 6.07) is 13.1. The Morgan fingerprint density at radius 1 is 1.00 bits per heavy atom. The van der Waals surface area contributed by atoms with Gasteiger partial charge in [-0.3, -0.25) is 0 Å². The molecule has 2 aromatic rings. The third-order valence-corrected chi connectivity index (χ3v) is 3.48. The highest BCUT2D eigenvalue weighted by Gasteiger charge is 2.10. The predicted molar refractivity (Wildman–Crippen MR) is 94.6 cm³/mol. The van der Waals surface area contributed by atoms with Crippen molar-refractivity contribution in [1.82, 2.24) is 0 Å². The number of halogens is 1. The van der Waals surface area contributed by atoms with E-state index in [4.69, 9.17) is 4.74 Å². The molecule has 2 nitrogen and oxygen atoms in total. The lowest BCUT2D eigenvalue weighted by molar-refractivity contribution is 0.0599.